The predicted molar refractivity (Wildman–Crippen MR) is 96.7 cm³/mol. The predicted octanol–water partition coefficient (Wildman–Crippen LogP) is 5.87. The van der Waals surface area contributed by atoms with Crippen molar-refractivity contribution in [1.82, 2.24) is 14.2 Å². The van der Waals surface area contributed by atoms with Crippen molar-refractivity contribution in [1.29, 1.82) is 0 Å². The first-order valence-electron chi connectivity index (χ1n) is 7.42. The number of fused-ring (bicyclic) bond motifs is 1. The number of aromatic nitrogens is 3. The van der Waals surface area contributed by atoms with Gasteiger partial charge >= 0.3 is 0 Å². The Morgan fingerprint density at radius 2 is 1.62 bits per heavy atom. The van der Waals surface area contributed by atoms with E-state index in [9.17, 15) is 0 Å². The Bertz CT molecular complexity index is 630. The molecule has 0 radical (unpaired) electrons. The highest BCUT2D eigenvalue weighted by Crippen LogP contribution is 2.44. The largest absolute Gasteiger partial charge is 0.356 e. The van der Waals surface area contributed by atoms with Crippen LogP contribution in [0.15, 0.2) is 17.0 Å². The maximum absolute atomic E-state index is 6.45. The van der Waals surface area contributed by atoms with E-state index in [1.165, 1.54) is 0 Å². The van der Waals surface area contributed by atoms with Gasteiger partial charge in [0.25, 0.3) is 0 Å². The molecular weight excluding hydrogens is 366 g/mol. The fraction of sp³-hybridized carbons (Fsp3) is 0.600. The van der Waals surface area contributed by atoms with Gasteiger partial charge in [-0.25, -0.2) is 9.97 Å². The van der Waals surface area contributed by atoms with Gasteiger partial charge in [-0.15, -0.1) is 0 Å². The van der Waals surface area contributed by atoms with Gasteiger partial charge in [0.2, 0.25) is 0 Å². The zero-order valence-electron chi connectivity index (χ0n) is 13.5. The lowest BCUT2D eigenvalue weighted by Crippen LogP contribution is -2.51. The standard InChI is InChI=1S/C15H23BrClN3Si/c1-9(2)21(10(3)4,11(5)6)20-8-12(17)14-15(20)18-7-13(16)19-14/h7-11H,1-6H3. The maximum atomic E-state index is 6.45. The van der Waals surface area contributed by atoms with E-state index in [1.54, 1.807) is 6.20 Å². The summed E-state index contributed by atoms with van der Waals surface area (Å²) in [4.78, 5) is 9.13. The van der Waals surface area contributed by atoms with Gasteiger partial charge in [-0.1, -0.05) is 53.1 Å². The molecule has 0 bridgehead atoms. The summed E-state index contributed by atoms with van der Waals surface area (Å²) in [6.07, 6.45) is 3.82. The first kappa shape index (κ1) is 17.0. The molecule has 116 valence electrons. The quantitative estimate of drug-likeness (QED) is 0.613. The van der Waals surface area contributed by atoms with Crippen LogP contribution in [0.1, 0.15) is 41.5 Å². The molecule has 0 unspecified atom stereocenters. The van der Waals surface area contributed by atoms with Crippen LogP contribution in [0.25, 0.3) is 11.2 Å². The lowest BCUT2D eigenvalue weighted by molar-refractivity contribution is 0.770. The summed E-state index contributed by atoms with van der Waals surface area (Å²) in [5.74, 6) is 0. The minimum absolute atomic E-state index is 0.592. The molecular formula is C15H23BrClN3Si. The molecule has 0 aliphatic carbocycles. The van der Waals surface area contributed by atoms with Crippen molar-refractivity contribution in [2.45, 2.75) is 58.2 Å². The number of nitrogens with zero attached hydrogens (tertiary/aromatic N) is 3. The van der Waals surface area contributed by atoms with Crippen LogP contribution in [-0.2, 0) is 0 Å². The molecule has 0 aromatic carbocycles. The average Bonchev–Trinajstić information content (AvgIpc) is 2.66. The third-order valence-electron chi connectivity index (χ3n) is 4.61. The van der Waals surface area contributed by atoms with E-state index in [-0.39, 0.29) is 0 Å². The van der Waals surface area contributed by atoms with Gasteiger partial charge < -0.3 is 4.23 Å². The summed E-state index contributed by atoms with van der Waals surface area (Å²) < 4.78 is 3.12. The van der Waals surface area contributed by atoms with Crippen molar-refractivity contribution >= 4 is 46.9 Å². The van der Waals surface area contributed by atoms with Gasteiger partial charge in [0.05, 0.1) is 11.2 Å². The summed E-state index contributed by atoms with van der Waals surface area (Å²) in [6, 6.07) is 0. The summed E-state index contributed by atoms with van der Waals surface area (Å²) in [5, 5.41) is 0.692. The zero-order chi connectivity index (χ0) is 15.9. The van der Waals surface area contributed by atoms with Gasteiger partial charge in [-0.2, -0.15) is 0 Å². The van der Waals surface area contributed by atoms with Crippen molar-refractivity contribution in [3.8, 4) is 0 Å². The fourth-order valence-corrected chi connectivity index (χ4v) is 11.2. The van der Waals surface area contributed by atoms with Crippen LogP contribution in [-0.4, -0.2) is 22.4 Å². The van der Waals surface area contributed by atoms with Crippen LogP contribution in [0.2, 0.25) is 21.6 Å². The Balaban J connectivity index is 2.83. The van der Waals surface area contributed by atoms with Gasteiger partial charge in [0.1, 0.15) is 10.1 Å². The van der Waals surface area contributed by atoms with E-state index < -0.39 is 8.24 Å². The van der Waals surface area contributed by atoms with Crippen molar-refractivity contribution < 1.29 is 0 Å². The molecule has 0 N–H and O–H groups in total. The molecule has 0 saturated heterocycles. The number of hydrogen-bond acceptors (Lipinski definition) is 2. The zero-order valence-corrected chi connectivity index (χ0v) is 16.8. The second-order valence-corrected chi connectivity index (χ2v) is 13.5. The number of rotatable bonds is 4. The average molecular weight is 389 g/mol. The van der Waals surface area contributed by atoms with Crippen molar-refractivity contribution in [3.63, 3.8) is 0 Å². The minimum atomic E-state index is -1.85. The van der Waals surface area contributed by atoms with Gasteiger partial charge in [-0.05, 0) is 32.6 Å². The van der Waals surface area contributed by atoms with E-state index in [4.69, 9.17) is 11.6 Å². The van der Waals surface area contributed by atoms with Crippen LogP contribution in [0.5, 0.6) is 0 Å². The third-order valence-corrected chi connectivity index (χ3v) is 12.0. The van der Waals surface area contributed by atoms with E-state index in [1.807, 2.05) is 0 Å². The Morgan fingerprint density at radius 1 is 1.10 bits per heavy atom. The third kappa shape index (κ3) is 2.57. The Kier molecular flexibility index (Phi) is 4.86. The van der Waals surface area contributed by atoms with E-state index >= 15 is 0 Å². The molecule has 2 heterocycles. The van der Waals surface area contributed by atoms with Crippen LogP contribution in [0.3, 0.4) is 0 Å². The maximum Gasteiger partial charge on any atom is 0.171 e. The smallest absolute Gasteiger partial charge is 0.171 e. The molecule has 21 heavy (non-hydrogen) atoms. The molecule has 3 nitrogen and oxygen atoms in total. The van der Waals surface area contributed by atoms with Crippen LogP contribution >= 0.6 is 27.5 Å². The van der Waals surface area contributed by atoms with Crippen molar-refractivity contribution in [2.24, 2.45) is 0 Å². The molecule has 2 aromatic rings. The van der Waals surface area contributed by atoms with E-state index in [0.717, 1.165) is 15.8 Å². The molecule has 2 rings (SSSR count). The Labute approximate surface area is 141 Å². The van der Waals surface area contributed by atoms with E-state index in [2.05, 4.69) is 77.9 Å². The molecule has 0 aliphatic rings. The summed E-state index contributed by atoms with van der Waals surface area (Å²) in [5.41, 5.74) is 3.50. The summed E-state index contributed by atoms with van der Waals surface area (Å²) in [6.45, 7) is 14.0. The van der Waals surface area contributed by atoms with Crippen LogP contribution in [0, 0.1) is 0 Å². The molecule has 0 saturated carbocycles. The summed E-state index contributed by atoms with van der Waals surface area (Å²) in [7, 11) is -1.85. The molecule has 0 fully saturated rings. The van der Waals surface area contributed by atoms with Crippen molar-refractivity contribution in [2.75, 3.05) is 0 Å². The normalized spacial score (nSPS) is 13.1. The van der Waals surface area contributed by atoms with Crippen LogP contribution < -0.4 is 0 Å². The highest BCUT2D eigenvalue weighted by Gasteiger charge is 2.46. The highest BCUT2D eigenvalue weighted by atomic mass is 79.9. The second-order valence-electron chi connectivity index (χ2n) is 6.56. The first-order valence-corrected chi connectivity index (χ1v) is 10.8. The topological polar surface area (TPSA) is 30.7 Å². The molecule has 0 spiro atoms. The molecule has 2 aromatic heterocycles. The molecule has 0 aliphatic heterocycles. The first-order chi connectivity index (χ1) is 9.72. The molecule has 6 heteroatoms. The Morgan fingerprint density at radius 3 is 2.10 bits per heavy atom. The lowest BCUT2D eigenvalue weighted by atomic mass is 10.5. The van der Waals surface area contributed by atoms with Gasteiger partial charge in [0, 0.05) is 6.20 Å². The highest BCUT2D eigenvalue weighted by molar-refractivity contribution is 9.10. The monoisotopic (exact) mass is 387 g/mol. The fourth-order valence-electron chi connectivity index (χ4n) is 4.06. The number of halogens is 2. The second kappa shape index (κ2) is 6.01. The van der Waals surface area contributed by atoms with E-state index in [0.29, 0.717) is 21.6 Å². The SMILES string of the molecule is CC(C)[Si](C(C)C)(C(C)C)n1cc(Cl)c2nc(Br)cnc21. The van der Waals surface area contributed by atoms with Gasteiger partial charge in [-0.3, -0.25) is 0 Å². The van der Waals surface area contributed by atoms with Gasteiger partial charge in [0.15, 0.2) is 13.9 Å². The Hall–Kier alpha value is -0.393. The minimum Gasteiger partial charge on any atom is -0.356 e. The van der Waals surface area contributed by atoms with Crippen molar-refractivity contribution in [3.05, 3.63) is 22.0 Å². The summed E-state index contributed by atoms with van der Waals surface area (Å²) >= 11 is 9.83. The molecule has 0 amide bonds. The molecule has 0 atom stereocenters. The lowest BCUT2D eigenvalue weighted by Gasteiger charge is -2.44. The number of hydrogen-bond donors (Lipinski definition) is 0. The van der Waals surface area contributed by atoms with Crippen LogP contribution in [0.4, 0.5) is 0 Å².